The van der Waals surface area contributed by atoms with Gasteiger partial charge in [0.1, 0.15) is 45.4 Å². The number of nitrogens with zero attached hydrogens (tertiary/aromatic N) is 2. The van der Waals surface area contributed by atoms with E-state index < -0.39 is 0 Å². The lowest BCUT2D eigenvalue weighted by Gasteiger charge is -2.31. The van der Waals surface area contributed by atoms with Gasteiger partial charge in [0.25, 0.3) is 0 Å². The van der Waals surface area contributed by atoms with E-state index in [4.69, 9.17) is 17.7 Å². The molecule has 0 aliphatic rings. The zero-order valence-corrected chi connectivity index (χ0v) is 86.4. The minimum absolute atomic E-state index is 0.0536. The number of anilines is 8. The predicted octanol–water partition coefficient (Wildman–Crippen LogP) is 41.2. The molecular formula is C133H117Br2N3O4. The van der Waals surface area contributed by atoms with Crippen molar-refractivity contribution < 1.29 is 17.7 Å². The first-order valence-corrected chi connectivity index (χ1v) is 51.0. The van der Waals surface area contributed by atoms with Crippen LogP contribution in [0.25, 0.3) is 155 Å². The number of rotatable bonds is 19. The first-order chi connectivity index (χ1) is 68.7. The van der Waals surface area contributed by atoms with Crippen LogP contribution in [0.1, 0.15) is 155 Å². The number of nitrogens with one attached hydrogen (secondary N) is 1. The lowest BCUT2D eigenvalue weighted by molar-refractivity contribution is 0.590. The van der Waals surface area contributed by atoms with Crippen LogP contribution in [-0.2, 0) is 16.2 Å². The summed E-state index contributed by atoms with van der Waals surface area (Å²) in [4.78, 5) is 4.91. The quantitative estimate of drug-likeness (QED) is 0.0865. The van der Waals surface area contributed by atoms with Crippen molar-refractivity contribution in [2.75, 3.05) is 15.1 Å². The third kappa shape index (κ3) is 18.9. The summed E-state index contributed by atoms with van der Waals surface area (Å²) in [6, 6.07) is 147. The van der Waals surface area contributed by atoms with E-state index >= 15 is 0 Å². The lowest BCUT2D eigenvalue weighted by Crippen LogP contribution is -2.15. The van der Waals surface area contributed by atoms with E-state index in [1.165, 1.54) is 33.4 Å². The van der Waals surface area contributed by atoms with Crippen molar-refractivity contribution >= 4 is 143 Å². The van der Waals surface area contributed by atoms with Crippen molar-refractivity contribution in [1.82, 2.24) is 0 Å². The average molecular weight is 1980 g/mol. The molecule has 4 aromatic heterocycles. The number of halogens is 2. The third-order valence-corrected chi connectivity index (χ3v) is 28.6. The van der Waals surface area contributed by atoms with Gasteiger partial charge >= 0.3 is 0 Å². The van der Waals surface area contributed by atoms with E-state index in [9.17, 15) is 0 Å². The fourth-order valence-corrected chi connectivity index (χ4v) is 20.9. The molecule has 0 bridgehead atoms. The largest absolute Gasteiger partial charge is 0.455 e. The summed E-state index contributed by atoms with van der Waals surface area (Å²) in [5.41, 5.74) is 32.0. The molecule has 1 N–H and O–H groups in total. The summed E-state index contributed by atoms with van der Waals surface area (Å²) in [7, 11) is 0. The Hall–Kier alpha value is -15.0. The number of hydrogen-bond acceptors (Lipinski definition) is 7. The van der Waals surface area contributed by atoms with Crippen LogP contribution in [0.5, 0.6) is 0 Å². The number of fused-ring (bicyclic) bond motifs is 10. The summed E-state index contributed by atoms with van der Waals surface area (Å²) in [6.45, 7) is 33.9. The summed E-state index contributed by atoms with van der Waals surface area (Å²) in [5, 5.41) is 11.3. The molecule has 0 fully saturated rings. The highest BCUT2D eigenvalue weighted by atomic mass is 79.9. The Morgan fingerprint density at radius 3 is 0.655 bits per heavy atom. The molecule has 22 aromatic rings. The molecule has 0 atom stereocenters. The average Bonchev–Trinajstić information content (AvgIpc) is 1.52. The topological polar surface area (TPSA) is 71.1 Å². The van der Waals surface area contributed by atoms with E-state index in [-0.39, 0.29) is 16.2 Å². The Labute approximate surface area is 851 Å². The smallest absolute Gasteiger partial charge is 0.145 e. The molecular weight excluding hydrogens is 1860 g/mol. The van der Waals surface area contributed by atoms with Gasteiger partial charge in [-0.15, -0.1) is 0 Å². The van der Waals surface area contributed by atoms with E-state index in [0.717, 1.165) is 210 Å². The van der Waals surface area contributed by atoms with Gasteiger partial charge in [0.05, 0.1) is 22.1 Å². The van der Waals surface area contributed by atoms with Gasteiger partial charge in [-0.1, -0.05) is 419 Å². The third-order valence-electron chi connectivity index (χ3n) is 27.4. The molecule has 0 unspecified atom stereocenters. The van der Waals surface area contributed by atoms with Crippen LogP contribution in [0.3, 0.4) is 0 Å². The molecule has 0 radical (unpaired) electrons. The lowest BCUT2D eigenvalue weighted by atomic mass is 9.87. The number of benzene rings is 18. The second-order valence-corrected chi connectivity index (χ2v) is 42.9. The predicted molar refractivity (Wildman–Crippen MR) is 610 cm³/mol. The van der Waals surface area contributed by atoms with Crippen LogP contribution < -0.4 is 15.1 Å². The van der Waals surface area contributed by atoms with Gasteiger partial charge < -0.3 is 32.8 Å². The Balaban J connectivity index is 0.000000163. The Kier molecular flexibility index (Phi) is 26.4. The molecule has 9 heteroatoms. The second kappa shape index (κ2) is 39.6. The molecule has 0 saturated carbocycles. The Morgan fingerprint density at radius 1 is 0.225 bits per heavy atom. The molecule has 18 aromatic carbocycles. The van der Waals surface area contributed by atoms with Crippen LogP contribution >= 0.6 is 31.9 Å². The summed E-state index contributed by atoms with van der Waals surface area (Å²) < 4.78 is 31.1. The van der Waals surface area contributed by atoms with Gasteiger partial charge in [0.15, 0.2) is 0 Å². The SMILES string of the molecule is Brc1cc2c(-c3ccccc3)c(-c3ccccc3)oc2c2c(Br)cc3c(-c4ccccc4)c(-c4ccccc4)oc3c12.CC(C)c1ccc(N(c2ccc(C(C)(C)C)cc2)c2cc3c(-c4ccccc4)c(-c4ccccc4)oc3c3c(N(c4ccc(C(C)C)cc4)c4ccc(C(C)(C)C)cc4)cc4c(-c5ccccc5)c(-c5ccccc5)oc4c23)cc1.CC(C)c1ccc(Nc2ccc(C(C)(C)C)cc2)cc1. The molecule has 7 nitrogen and oxygen atoms in total. The molecule has 22 rings (SSSR count). The Bertz CT molecular complexity index is 7790. The van der Waals surface area contributed by atoms with Gasteiger partial charge in [0, 0.05) is 120 Å². The van der Waals surface area contributed by atoms with Gasteiger partial charge in [-0.3, -0.25) is 0 Å². The molecule has 702 valence electrons. The molecule has 0 spiro atoms. The maximum Gasteiger partial charge on any atom is 0.145 e. The fraction of sp³-hybridized carbons (Fsp3) is 0.158. The highest BCUT2D eigenvalue weighted by Gasteiger charge is 2.35. The maximum absolute atomic E-state index is 7.74. The van der Waals surface area contributed by atoms with Crippen LogP contribution in [0.2, 0.25) is 0 Å². The summed E-state index contributed by atoms with van der Waals surface area (Å²) in [6.07, 6.45) is 0. The van der Waals surface area contributed by atoms with Crippen molar-refractivity contribution in [2.24, 2.45) is 0 Å². The number of hydrogen-bond donors (Lipinski definition) is 1. The van der Waals surface area contributed by atoms with E-state index in [1.54, 1.807) is 0 Å². The molecule has 4 heterocycles. The first kappa shape index (κ1) is 94.6. The normalized spacial score (nSPS) is 11.9. The molecule has 0 saturated heterocycles. The molecule has 0 aliphatic carbocycles. The highest BCUT2D eigenvalue weighted by Crippen LogP contribution is 2.59. The second-order valence-electron chi connectivity index (χ2n) is 41.2. The van der Waals surface area contributed by atoms with E-state index in [2.05, 4.69) is 515 Å². The van der Waals surface area contributed by atoms with Crippen LogP contribution in [0.15, 0.2) is 439 Å². The van der Waals surface area contributed by atoms with Crippen LogP contribution in [-0.4, -0.2) is 0 Å². The monoisotopic (exact) mass is 1980 g/mol. The van der Waals surface area contributed by atoms with Crippen molar-refractivity contribution in [2.45, 2.75) is 138 Å². The molecule has 0 amide bonds. The first-order valence-electron chi connectivity index (χ1n) is 49.5. The number of furan rings is 4. The maximum atomic E-state index is 7.74. The highest BCUT2D eigenvalue weighted by molar-refractivity contribution is 9.11. The molecule has 0 aliphatic heterocycles. The van der Waals surface area contributed by atoms with E-state index in [1.807, 2.05) is 48.5 Å². The van der Waals surface area contributed by atoms with Crippen molar-refractivity contribution in [1.29, 1.82) is 0 Å². The standard InChI is InChI=1S/C76H70N2O2.C38H22Br2O2.C19H25N/c1-49(2)51-31-39-59(40-32-51)77(61-43-35-57(36-44-61)75(5,6)7)65-47-63-67(53-23-15-11-16-24-53)71(55-27-19-13-20-28-55)80-74(63)70-66(78(60-41-33-52(34-42-60)50(3)4)62-45-37-58(38-46-62)76(8,9)10)48-64-68(54-25-17-12-18-26-54)72(79-73(64)69(65)70)56-29-21-14-22-30-56;39-29-21-27-31(23-13-5-1-6-14-23)35(25-17-9-3-10-18-25)41-37(27)33-30(40)22-28-32(24-15-7-2-8-16-24)36(42-38(28)34(29)33)26-19-11-4-12-20-26;1-14(2)15-6-10-17(11-7-15)20-18-12-8-16(9-13-18)19(3,4)5/h11-50H,1-10H3;1-22H;6-14,20H,1-5H3. The summed E-state index contributed by atoms with van der Waals surface area (Å²) >= 11 is 7.94. The van der Waals surface area contributed by atoms with Crippen molar-refractivity contribution in [3.8, 4) is 89.8 Å². The zero-order valence-electron chi connectivity index (χ0n) is 83.3. The van der Waals surface area contributed by atoms with Crippen LogP contribution in [0.4, 0.5) is 45.5 Å². The fourth-order valence-electron chi connectivity index (χ4n) is 19.6. The minimum Gasteiger partial charge on any atom is -0.455 e. The van der Waals surface area contributed by atoms with Gasteiger partial charge in [-0.05, 0) is 219 Å². The molecule has 142 heavy (non-hydrogen) atoms. The van der Waals surface area contributed by atoms with Gasteiger partial charge in [-0.2, -0.15) is 0 Å². The van der Waals surface area contributed by atoms with Gasteiger partial charge in [-0.25, -0.2) is 0 Å². The van der Waals surface area contributed by atoms with Gasteiger partial charge in [0.2, 0.25) is 0 Å². The van der Waals surface area contributed by atoms with Crippen LogP contribution in [0, 0.1) is 0 Å². The minimum atomic E-state index is -0.0536. The Morgan fingerprint density at radius 2 is 0.423 bits per heavy atom. The van der Waals surface area contributed by atoms with Crippen molar-refractivity contribution in [3.63, 3.8) is 0 Å². The van der Waals surface area contributed by atoms with Crippen molar-refractivity contribution in [3.05, 3.63) is 455 Å². The zero-order chi connectivity index (χ0) is 98.4. The van der Waals surface area contributed by atoms with E-state index in [0.29, 0.717) is 17.8 Å². The summed E-state index contributed by atoms with van der Waals surface area (Å²) in [5.74, 6) is 4.58.